The van der Waals surface area contributed by atoms with Gasteiger partial charge in [0.25, 0.3) is 0 Å². The molecule has 0 saturated carbocycles. The minimum Gasteiger partial charge on any atom is -0.497 e. The Morgan fingerprint density at radius 2 is 2.13 bits per heavy atom. The van der Waals surface area contributed by atoms with Gasteiger partial charge in [-0.3, -0.25) is 10.2 Å². The highest BCUT2D eigenvalue weighted by Gasteiger charge is 2.12. The van der Waals surface area contributed by atoms with E-state index in [1.165, 1.54) is 11.3 Å². The Kier molecular flexibility index (Phi) is 6.10. The molecule has 0 atom stereocenters. The number of anilines is 1. The number of nitrogens with one attached hydrogen (secondary N) is 1. The molecule has 0 aliphatic rings. The van der Waals surface area contributed by atoms with Gasteiger partial charge in [-0.2, -0.15) is 5.10 Å². The van der Waals surface area contributed by atoms with E-state index in [1.807, 2.05) is 31.2 Å². The molecular weight excluding hydrogens is 314 g/mol. The summed E-state index contributed by atoms with van der Waals surface area (Å²) in [5.74, 6) is 0.557. The number of benzene rings is 1. The summed E-state index contributed by atoms with van der Waals surface area (Å²) in [5, 5.41) is 4.80. The monoisotopic (exact) mass is 333 g/mol. The smallest absolute Gasteiger partial charge is 0.311 e. The third kappa shape index (κ3) is 5.07. The molecule has 0 aliphatic heterocycles. The zero-order chi connectivity index (χ0) is 16.7. The number of esters is 1. The number of rotatable bonds is 7. The largest absolute Gasteiger partial charge is 0.497 e. The lowest BCUT2D eigenvalue weighted by Gasteiger charge is -1.99. The van der Waals surface area contributed by atoms with Crippen LogP contribution in [0.2, 0.25) is 0 Å². The van der Waals surface area contributed by atoms with Gasteiger partial charge >= 0.3 is 5.97 Å². The molecule has 2 rings (SSSR count). The lowest BCUT2D eigenvalue weighted by Crippen LogP contribution is -2.07. The van der Waals surface area contributed by atoms with Gasteiger partial charge in [0.2, 0.25) is 5.13 Å². The van der Waals surface area contributed by atoms with Crippen molar-refractivity contribution in [1.82, 2.24) is 4.98 Å². The van der Waals surface area contributed by atoms with Gasteiger partial charge in [-0.15, -0.1) is 0 Å². The molecule has 1 N–H and O–H groups in total. The molecule has 0 radical (unpaired) electrons. The average Bonchev–Trinajstić information content (AvgIpc) is 2.88. The van der Waals surface area contributed by atoms with Gasteiger partial charge < -0.3 is 9.47 Å². The summed E-state index contributed by atoms with van der Waals surface area (Å²) < 4.78 is 10.0. The van der Waals surface area contributed by atoms with Gasteiger partial charge in [-0.1, -0.05) is 11.3 Å². The molecule has 6 nitrogen and oxygen atoms in total. The van der Waals surface area contributed by atoms with Gasteiger partial charge in [0, 0.05) is 4.88 Å². The van der Waals surface area contributed by atoms with Crippen LogP contribution in [0.15, 0.2) is 29.4 Å². The molecule has 23 heavy (non-hydrogen) atoms. The van der Waals surface area contributed by atoms with Crippen LogP contribution >= 0.6 is 11.3 Å². The Bertz CT molecular complexity index is 680. The van der Waals surface area contributed by atoms with E-state index in [0.29, 0.717) is 11.7 Å². The highest BCUT2D eigenvalue weighted by atomic mass is 32.1. The first-order chi connectivity index (χ1) is 11.1. The van der Waals surface area contributed by atoms with Crippen molar-refractivity contribution < 1.29 is 14.3 Å². The first-order valence-electron chi connectivity index (χ1n) is 7.17. The van der Waals surface area contributed by atoms with Crippen molar-refractivity contribution >= 4 is 28.7 Å². The molecule has 0 amide bonds. The fourth-order valence-electron chi connectivity index (χ4n) is 1.83. The second-order valence-electron chi connectivity index (χ2n) is 4.65. The van der Waals surface area contributed by atoms with Crippen LogP contribution in [-0.2, 0) is 16.0 Å². The highest BCUT2D eigenvalue weighted by Crippen LogP contribution is 2.23. The Hall–Kier alpha value is -2.41. The quantitative estimate of drug-likeness (QED) is 0.479. The van der Waals surface area contributed by atoms with E-state index in [0.717, 1.165) is 21.9 Å². The zero-order valence-corrected chi connectivity index (χ0v) is 14.1. The lowest BCUT2D eigenvalue weighted by molar-refractivity contribution is -0.142. The highest BCUT2D eigenvalue weighted by molar-refractivity contribution is 7.15. The number of nitrogens with zero attached hydrogens (tertiary/aromatic N) is 2. The number of hydrazone groups is 1. The number of aryl methyl sites for hydroxylation is 1. The number of thiazole rings is 1. The maximum Gasteiger partial charge on any atom is 0.311 e. The Labute approximate surface area is 139 Å². The molecule has 1 aromatic heterocycles. The number of ether oxygens (including phenoxy) is 2. The number of hydrogen-bond acceptors (Lipinski definition) is 7. The Morgan fingerprint density at radius 1 is 1.39 bits per heavy atom. The van der Waals surface area contributed by atoms with Gasteiger partial charge in [-0.05, 0) is 43.7 Å². The first kappa shape index (κ1) is 17.0. The third-order valence-electron chi connectivity index (χ3n) is 2.99. The number of carbonyl (C=O) groups is 1. The van der Waals surface area contributed by atoms with Crippen LogP contribution in [0.3, 0.4) is 0 Å². The van der Waals surface area contributed by atoms with E-state index in [9.17, 15) is 4.79 Å². The third-order valence-corrected chi connectivity index (χ3v) is 4.05. The van der Waals surface area contributed by atoms with Crippen LogP contribution in [0.5, 0.6) is 5.75 Å². The summed E-state index contributed by atoms with van der Waals surface area (Å²) in [4.78, 5) is 16.8. The summed E-state index contributed by atoms with van der Waals surface area (Å²) in [6, 6.07) is 7.55. The van der Waals surface area contributed by atoms with Gasteiger partial charge in [0.05, 0.1) is 32.0 Å². The van der Waals surface area contributed by atoms with E-state index >= 15 is 0 Å². The summed E-state index contributed by atoms with van der Waals surface area (Å²) in [6.45, 7) is 4.04. The molecular formula is C16H19N3O3S. The summed E-state index contributed by atoms with van der Waals surface area (Å²) in [5.41, 5.74) is 4.63. The second-order valence-corrected chi connectivity index (χ2v) is 5.74. The topological polar surface area (TPSA) is 72.8 Å². The van der Waals surface area contributed by atoms with Crippen molar-refractivity contribution in [2.75, 3.05) is 19.1 Å². The molecule has 0 aliphatic carbocycles. The van der Waals surface area contributed by atoms with E-state index < -0.39 is 0 Å². The van der Waals surface area contributed by atoms with Crippen molar-refractivity contribution in [3.63, 3.8) is 0 Å². The summed E-state index contributed by atoms with van der Waals surface area (Å²) in [7, 11) is 1.63. The van der Waals surface area contributed by atoms with Gasteiger partial charge in [0.1, 0.15) is 5.75 Å². The molecule has 0 spiro atoms. The molecule has 0 unspecified atom stereocenters. The van der Waals surface area contributed by atoms with E-state index in [2.05, 4.69) is 15.5 Å². The minimum atomic E-state index is -0.243. The predicted molar refractivity (Wildman–Crippen MR) is 91.4 cm³/mol. The van der Waals surface area contributed by atoms with Crippen molar-refractivity contribution in [3.05, 3.63) is 40.4 Å². The first-order valence-corrected chi connectivity index (χ1v) is 7.99. The van der Waals surface area contributed by atoms with Gasteiger partial charge in [0.15, 0.2) is 0 Å². The van der Waals surface area contributed by atoms with Crippen molar-refractivity contribution in [2.24, 2.45) is 5.10 Å². The average molecular weight is 333 g/mol. The molecule has 0 saturated heterocycles. The SMILES string of the molecule is CCOC(=O)Cc1sc(N/N=C\c2ccc(OC)cc2)nc1C. The summed E-state index contributed by atoms with van der Waals surface area (Å²) >= 11 is 1.40. The molecule has 1 aromatic carbocycles. The van der Waals surface area contributed by atoms with Crippen LogP contribution < -0.4 is 10.2 Å². The predicted octanol–water partition coefficient (Wildman–Crippen LogP) is 3.01. The van der Waals surface area contributed by atoms with Crippen LogP contribution in [0.1, 0.15) is 23.1 Å². The van der Waals surface area contributed by atoms with Crippen LogP contribution in [0, 0.1) is 6.92 Å². The fraction of sp³-hybridized carbons (Fsp3) is 0.312. The van der Waals surface area contributed by atoms with Crippen molar-refractivity contribution in [1.29, 1.82) is 0 Å². The number of methoxy groups -OCH3 is 1. The molecule has 1 heterocycles. The van der Waals surface area contributed by atoms with E-state index in [4.69, 9.17) is 9.47 Å². The Balaban J connectivity index is 1.95. The molecule has 0 bridgehead atoms. The van der Waals surface area contributed by atoms with E-state index in [1.54, 1.807) is 20.2 Å². The number of hydrogen-bond donors (Lipinski definition) is 1. The van der Waals surface area contributed by atoms with Crippen LogP contribution in [0.4, 0.5) is 5.13 Å². The van der Waals surface area contributed by atoms with Gasteiger partial charge in [-0.25, -0.2) is 4.98 Å². The van der Waals surface area contributed by atoms with Crippen molar-refractivity contribution in [3.8, 4) is 5.75 Å². The van der Waals surface area contributed by atoms with Crippen molar-refractivity contribution in [2.45, 2.75) is 20.3 Å². The second kappa shape index (κ2) is 8.28. The molecule has 122 valence electrons. The number of aromatic nitrogens is 1. The lowest BCUT2D eigenvalue weighted by atomic mass is 10.2. The molecule has 0 fully saturated rings. The molecule has 7 heteroatoms. The normalized spacial score (nSPS) is 10.7. The van der Waals surface area contributed by atoms with Crippen LogP contribution in [-0.4, -0.2) is 30.9 Å². The zero-order valence-electron chi connectivity index (χ0n) is 13.3. The molecule has 2 aromatic rings. The maximum atomic E-state index is 11.5. The fourth-order valence-corrected chi connectivity index (χ4v) is 2.73. The van der Waals surface area contributed by atoms with E-state index in [-0.39, 0.29) is 12.4 Å². The standard InChI is InChI=1S/C16H19N3O3S/c1-4-22-15(20)9-14-11(2)18-16(23-14)19-17-10-12-5-7-13(21-3)8-6-12/h5-8,10H,4,9H2,1-3H3,(H,18,19)/b17-10-. The Morgan fingerprint density at radius 3 is 2.78 bits per heavy atom. The summed E-state index contributed by atoms with van der Waals surface area (Å²) in [6.07, 6.45) is 1.93. The number of carbonyl (C=O) groups excluding carboxylic acids is 1. The maximum absolute atomic E-state index is 11.5. The van der Waals surface area contributed by atoms with Crippen LogP contribution in [0.25, 0.3) is 0 Å². The minimum absolute atomic E-state index is 0.237.